The smallest absolute Gasteiger partial charge is 0.0395 e. The van der Waals surface area contributed by atoms with Crippen molar-refractivity contribution in [2.75, 3.05) is 11.5 Å². The van der Waals surface area contributed by atoms with E-state index in [9.17, 15) is 0 Å². The molecule has 0 aromatic carbocycles. The zero-order chi connectivity index (χ0) is 8.97. The van der Waals surface area contributed by atoms with Crippen LogP contribution in [0.5, 0.6) is 0 Å². The van der Waals surface area contributed by atoms with Crippen LogP contribution in [0, 0.1) is 6.92 Å². The lowest BCUT2D eigenvalue weighted by molar-refractivity contribution is 0.836. The number of thiophene rings is 1. The van der Waals surface area contributed by atoms with Gasteiger partial charge in [0.25, 0.3) is 0 Å². The minimum Gasteiger partial charge on any atom is -0.323 e. The fourth-order valence-electron chi connectivity index (χ4n) is 0.999. The number of aryl methyl sites for hydroxylation is 1. The van der Waals surface area contributed by atoms with Crippen molar-refractivity contribution in [3.63, 3.8) is 0 Å². The van der Waals surface area contributed by atoms with Crippen molar-refractivity contribution in [1.82, 2.24) is 0 Å². The quantitative estimate of drug-likeness (QED) is 0.810. The van der Waals surface area contributed by atoms with Gasteiger partial charge in [-0.25, -0.2) is 0 Å². The number of hydrogen-bond acceptors (Lipinski definition) is 3. The maximum atomic E-state index is 5.98. The van der Waals surface area contributed by atoms with Crippen LogP contribution in [-0.4, -0.2) is 11.5 Å². The Balaban J connectivity index is 2.47. The molecule has 12 heavy (non-hydrogen) atoms. The summed E-state index contributed by atoms with van der Waals surface area (Å²) in [6, 6.07) is 2.41. The Hall–Kier alpha value is 0.0100. The van der Waals surface area contributed by atoms with Crippen LogP contribution in [0.4, 0.5) is 0 Å². The summed E-state index contributed by atoms with van der Waals surface area (Å²) in [6.07, 6.45) is 0. The summed E-state index contributed by atoms with van der Waals surface area (Å²) in [6.45, 7) is 4.28. The van der Waals surface area contributed by atoms with Crippen molar-refractivity contribution in [1.29, 1.82) is 0 Å². The maximum Gasteiger partial charge on any atom is 0.0395 e. The standard InChI is InChI=1S/C9H15NS2/c1-3-11-6-9(10)8-4-7(2)12-5-8/h4-5,9H,3,6,10H2,1-2H3. The van der Waals surface area contributed by atoms with Gasteiger partial charge in [0.1, 0.15) is 0 Å². The molecule has 0 saturated carbocycles. The highest BCUT2D eigenvalue weighted by Crippen LogP contribution is 2.21. The first-order valence-corrected chi connectivity index (χ1v) is 6.15. The lowest BCUT2D eigenvalue weighted by Crippen LogP contribution is -2.11. The predicted molar refractivity (Wildman–Crippen MR) is 59.0 cm³/mol. The van der Waals surface area contributed by atoms with Crippen LogP contribution in [0.15, 0.2) is 11.4 Å². The minimum absolute atomic E-state index is 0.222. The normalized spacial score (nSPS) is 13.2. The number of rotatable bonds is 4. The maximum absolute atomic E-state index is 5.98. The van der Waals surface area contributed by atoms with Gasteiger partial charge >= 0.3 is 0 Å². The summed E-state index contributed by atoms with van der Waals surface area (Å²) in [5, 5.41) is 2.16. The van der Waals surface area contributed by atoms with E-state index in [0.717, 1.165) is 11.5 Å². The highest BCUT2D eigenvalue weighted by atomic mass is 32.2. The molecule has 1 atom stereocenters. The summed E-state index contributed by atoms with van der Waals surface area (Å²) in [5.41, 5.74) is 7.27. The number of hydrogen-bond donors (Lipinski definition) is 1. The molecule has 2 N–H and O–H groups in total. The monoisotopic (exact) mass is 201 g/mol. The average molecular weight is 201 g/mol. The third-order valence-corrected chi connectivity index (χ3v) is 3.56. The molecule has 0 amide bonds. The topological polar surface area (TPSA) is 26.0 Å². The fraction of sp³-hybridized carbons (Fsp3) is 0.556. The SMILES string of the molecule is CCSCC(N)c1csc(C)c1. The van der Waals surface area contributed by atoms with Gasteiger partial charge < -0.3 is 5.73 Å². The van der Waals surface area contributed by atoms with E-state index in [1.807, 2.05) is 11.8 Å². The second-order valence-corrected chi connectivity index (χ2v) is 5.19. The summed E-state index contributed by atoms with van der Waals surface area (Å²) in [5.74, 6) is 2.18. The summed E-state index contributed by atoms with van der Waals surface area (Å²) in [4.78, 5) is 1.35. The molecule has 68 valence electrons. The molecule has 1 unspecified atom stereocenters. The summed E-state index contributed by atoms with van der Waals surface area (Å²) < 4.78 is 0. The van der Waals surface area contributed by atoms with Crippen LogP contribution in [-0.2, 0) is 0 Å². The molecule has 1 heterocycles. The van der Waals surface area contributed by atoms with E-state index >= 15 is 0 Å². The zero-order valence-corrected chi connectivity index (χ0v) is 9.17. The van der Waals surface area contributed by atoms with Crippen molar-refractivity contribution in [2.45, 2.75) is 19.9 Å². The second-order valence-electron chi connectivity index (χ2n) is 2.76. The van der Waals surface area contributed by atoms with Gasteiger partial charge in [0.15, 0.2) is 0 Å². The van der Waals surface area contributed by atoms with Gasteiger partial charge in [-0.05, 0) is 29.7 Å². The number of nitrogens with two attached hydrogens (primary N) is 1. The molecule has 3 heteroatoms. The van der Waals surface area contributed by atoms with Crippen molar-refractivity contribution in [3.05, 3.63) is 21.9 Å². The highest BCUT2D eigenvalue weighted by Gasteiger charge is 2.06. The van der Waals surface area contributed by atoms with Gasteiger partial charge in [-0.3, -0.25) is 0 Å². The lowest BCUT2D eigenvalue weighted by atomic mass is 10.2. The van der Waals surface area contributed by atoms with Gasteiger partial charge in [0.2, 0.25) is 0 Å². The molecule has 0 saturated heterocycles. The molecule has 0 aliphatic carbocycles. The van der Waals surface area contributed by atoms with Crippen LogP contribution < -0.4 is 5.73 Å². The first-order chi connectivity index (χ1) is 5.74. The van der Waals surface area contributed by atoms with Crippen LogP contribution in [0.1, 0.15) is 23.4 Å². The molecule has 1 nitrogen and oxygen atoms in total. The minimum atomic E-state index is 0.222. The van der Waals surface area contributed by atoms with Crippen molar-refractivity contribution in [2.24, 2.45) is 5.73 Å². The van der Waals surface area contributed by atoms with E-state index in [4.69, 9.17) is 5.73 Å². The third kappa shape index (κ3) is 2.81. The van der Waals surface area contributed by atoms with Crippen molar-refractivity contribution < 1.29 is 0 Å². The average Bonchev–Trinajstić information content (AvgIpc) is 2.47. The molecular weight excluding hydrogens is 186 g/mol. The van der Waals surface area contributed by atoms with E-state index in [-0.39, 0.29) is 6.04 Å². The summed E-state index contributed by atoms with van der Waals surface area (Å²) in [7, 11) is 0. The molecular formula is C9H15NS2. The van der Waals surface area contributed by atoms with Crippen LogP contribution in [0.3, 0.4) is 0 Å². The lowest BCUT2D eigenvalue weighted by Gasteiger charge is -2.07. The van der Waals surface area contributed by atoms with E-state index < -0.39 is 0 Å². The molecule has 0 bridgehead atoms. The highest BCUT2D eigenvalue weighted by molar-refractivity contribution is 7.99. The molecule has 0 spiro atoms. The van der Waals surface area contributed by atoms with Gasteiger partial charge in [-0.15, -0.1) is 11.3 Å². The molecule has 0 fully saturated rings. The summed E-state index contributed by atoms with van der Waals surface area (Å²) >= 11 is 3.68. The molecule has 0 aliphatic heterocycles. The van der Waals surface area contributed by atoms with E-state index in [1.165, 1.54) is 10.4 Å². The Morgan fingerprint density at radius 1 is 1.67 bits per heavy atom. The third-order valence-electron chi connectivity index (χ3n) is 1.68. The Bertz CT molecular complexity index is 232. The Morgan fingerprint density at radius 3 is 2.92 bits per heavy atom. The van der Waals surface area contributed by atoms with Crippen molar-refractivity contribution in [3.8, 4) is 0 Å². The first kappa shape index (κ1) is 10.1. The van der Waals surface area contributed by atoms with Gasteiger partial charge in [-0.1, -0.05) is 6.92 Å². The molecule has 1 aromatic heterocycles. The molecule has 0 aliphatic rings. The van der Waals surface area contributed by atoms with E-state index in [2.05, 4.69) is 25.3 Å². The second kappa shape index (κ2) is 4.90. The molecule has 0 radical (unpaired) electrons. The fourth-order valence-corrected chi connectivity index (χ4v) is 2.45. The van der Waals surface area contributed by atoms with Crippen LogP contribution in [0.25, 0.3) is 0 Å². The van der Waals surface area contributed by atoms with Gasteiger partial charge in [0.05, 0.1) is 0 Å². The molecule has 1 aromatic rings. The van der Waals surface area contributed by atoms with Gasteiger partial charge in [0, 0.05) is 16.7 Å². The number of thioether (sulfide) groups is 1. The van der Waals surface area contributed by atoms with E-state index in [1.54, 1.807) is 11.3 Å². The Morgan fingerprint density at radius 2 is 2.42 bits per heavy atom. The Labute approximate surface area is 82.4 Å². The van der Waals surface area contributed by atoms with Crippen LogP contribution >= 0.6 is 23.1 Å². The van der Waals surface area contributed by atoms with E-state index in [0.29, 0.717) is 0 Å². The zero-order valence-electron chi connectivity index (χ0n) is 7.54. The van der Waals surface area contributed by atoms with Gasteiger partial charge in [-0.2, -0.15) is 11.8 Å². The predicted octanol–water partition coefficient (Wildman–Crippen LogP) is 2.81. The largest absolute Gasteiger partial charge is 0.323 e. The Kier molecular flexibility index (Phi) is 4.12. The van der Waals surface area contributed by atoms with Crippen molar-refractivity contribution >= 4 is 23.1 Å². The molecule has 1 rings (SSSR count). The van der Waals surface area contributed by atoms with Crippen LogP contribution in [0.2, 0.25) is 0 Å². The first-order valence-electron chi connectivity index (χ1n) is 4.12.